The van der Waals surface area contributed by atoms with Gasteiger partial charge in [-0.1, -0.05) is 0 Å². The van der Waals surface area contributed by atoms with E-state index in [1.54, 1.807) is 6.26 Å². The number of nitrogens with two attached hydrogens (primary N) is 4. The smallest absolute Gasteiger partial charge is 0.326 e. The highest BCUT2D eigenvalue weighted by atomic mass is 32.2. The van der Waals surface area contributed by atoms with E-state index in [2.05, 4.69) is 31.9 Å². The van der Waals surface area contributed by atoms with Gasteiger partial charge in [-0.05, 0) is 77.0 Å². The highest BCUT2D eigenvalue weighted by Crippen LogP contribution is 2.06. The molecule has 0 aromatic carbocycles. The first kappa shape index (κ1) is 46.0. The van der Waals surface area contributed by atoms with Crippen LogP contribution >= 0.6 is 11.8 Å². The Bertz CT molecular complexity index is 1150. The summed E-state index contributed by atoms with van der Waals surface area (Å²) in [5, 5.41) is 33.4. The van der Waals surface area contributed by atoms with Gasteiger partial charge in [0, 0.05) is 0 Å². The van der Waals surface area contributed by atoms with Crippen molar-refractivity contribution < 1.29 is 48.6 Å². The topological polar surface area (TPSA) is 353 Å². The third-order valence-electron chi connectivity index (χ3n) is 7.09. The lowest BCUT2D eigenvalue weighted by Crippen LogP contribution is -2.60. The van der Waals surface area contributed by atoms with Gasteiger partial charge >= 0.3 is 5.97 Å². The Balaban J connectivity index is 5.69. The predicted octanol–water partition coefficient (Wildman–Crippen LogP) is -5.16. The molecule has 0 aliphatic carbocycles. The zero-order chi connectivity index (χ0) is 38.2. The number of aliphatic hydroxyl groups excluding tert-OH is 1. The molecule has 0 spiro atoms. The molecule has 0 aromatic heterocycles. The first-order valence-electron chi connectivity index (χ1n) is 16.2. The van der Waals surface area contributed by atoms with Gasteiger partial charge < -0.3 is 65.0 Å². The van der Waals surface area contributed by atoms with E-state index in [0.717, 1.165) is 0 Å². The summed E-state index contributed by atoms with van der Waals surface area (Å²) in [6.07, 6.45) is 3.26. The Morgan fingerprint density at radius 1 is 0.660 bits per heavy atom. The van der Waals surface area contributed by atoms with Crippen molar-refractivity contribution in [2.24, 2.45) is 22.9 Å². The molecule has 0 aliphatic rings. The van der Waals surface area contributed by atoms with E-state index < -0.39 is 103 Å². The summed E-state index contributed by atoms with van der Waals surface area (Å²) < 4.78 is 0. The minimum atomic E-state index is -1.67. The number of carbonyl (C=O) groups is 8. The molecule has 0 radical (unpaired) electrons. The fourth-order valence-corrected chi connectivity index (χ4v) is 4.75. The number of primary amides is 1. The molecule has 16 N–H and O–H groups in total. The van der Waals surface area contributed by atoms with Gasteiger partial charge in [0.25, 0.3) is 0 Å². The predicted molar refractivity (Wildman–Crippen MR) is 184 cm³/mol. The zero-order valence-electron chi connectivity index (χ0n) is 28.5. The number of carboxylic acid groups (broad SMARTS) is 1. The third-order valence-corrected chi connectivity index (χ3v) is 7.74. The number of aliphatic hydroxyl groups is 1. The highest BCUT2D eigenvalue weighted by molar-refractivity contribution is 7.98. The number of thioether (sulfide) groups is 1. The fourth-order valence-electron chi connectivity index (χ4n) is 4.28. The van der Waals surface area contributed by atoms with E-state index in [4.69, 9.17) is 22.9 Å². The average molecular weight is 735 g/mol. The SMILES string of the molecule is CSCC[C@H](NC(=O)[C@H](C)N)C(=O)N[C@@H](CC(N)=O)C(=O)N[C@@H](CO)C(=O)N[C@@H](CCCCN)C(=O)NCC(=O)N[C@@H](CCCCN)C(=O)O. The van der Waals surface area contributed by atoms with Crippen molar-refractivity contribution in [2.45, 2.75) is 94.5 Å². The molecule has 0 saturated heterocycles. The maximum absolute atomic E-state index is 13.2. The number of nitrogens with one attached hydrogen (secondary N) is 6. The Morgan fingerprint density at radius 2 is 1.14 bits per heavy atom. The number of amides is 7. The van der Waals surface area contributed by atoms with Gasteiger partial charge in [0.15, 0.2) is 0 Å². The van der Waals surface area contributed by atoms with Gasteiger partial charge in [-0.3, -0.25) is 33.6 Å². The van der Waals surface area contributed by atoms with Gasteiger partial charge in [-0.2, -0.15) is 11.8 Å². The van der Waals surface area contributed by atoms with E-state index in [-0.39, 0.29) is 25.8 Å². The van der Waals surface area contributed by atoms with Gasteiger partial charge in [0.2, 0.25) is 41.4 Å². The maximum atomic E-state index is 13.2. The van der Waals surface area contributed by atoms with E-state index in [1.165, 1.54) is 18.7 Å². The molecule has 0 heterocycles. The number of carboxylic acids is 1. The summed E-state index contributed by atoms with van der Waals surface area (Å²) in [5.41, 5.74) is 21.8. The number of carbonyl (C=O) groups excluding carboxylic acids is 7. The third kappa shape index (κ3) is 19.2. The second-order valence-corrected chi connectivity index (χ2v) is 12.4. The van der Waals surface area contributed by atoms with E-state index in [1.807, 2.05) is 0 Å². The second kappa shape index (κ2) is 25.9. The minimum absolute atomic E-state index is 0.0459. The molecule has 0 rings (SSSR count). The summed E-state index contributed by atoms with van der Waals surface area (Å²) in [6, 6.07) is -7.80. The standard InChI is InChI=1S/C29H54N10O10S/c1-16(32)24(43)36-18(9-12-50-2)26(45)38-20(13-22(33)41)27(46)39-21(15-40)28(47)37-17(7-3-5-10-30)25(44)34-14-23(42)35-19(29(48)49)8-4-6-11-31/h16-21,40H,3-15,30-32H2,1-2H3,(H2,33,41)(H,34,44)(H,35,42)(H,36,43)(H,37,47)(H,38,45)(H,39,46)(H,48,49)/t16-,17-,18-,19-,20-,21-/m0/s1. The van der Waals surface area contributed by atoms with Crippen molar-refractivity contribution in [3.63, 3.8) is 0 Å². The van der Waals surface area contributed by atoms with Crippen molar-refractivity contribution in [2.75, 3.05) is 38.2 Å². The van der Waals surface area contributed by atoms with Gasteiger partial charge in [-0.15, -0.1) is 0 Å². The summed E-state index contributed by atoms with van der Waals surface area (Å²) in [6.45, 7) is 0.472. The van der Waals surface area contributed by atoms with Crippen LogP contribution in [0.4, 0.5) is 0 Å². The largest absolute Gasteiger partial charge is 0.480 e. The number of hydrogen-bond acceptors (Lipinski definition) is 13. The summed E-state index contributed by atoms with van der Waals surface area (Å²) >= 11 is 1.39. The molecule has 286 valence electrons. The lowest BCUT2D eigenvalue weighted by atomic mass is 10.1. The Kier molecular flexibility index (Phi) is 23.8. The number of hydrogen-bond donors (Lipinski definition) is 12. The molecule has 7 amide bonds. The van der Waals surface area contributed by atoms with E-state index >= 15 is 0 Å². The highest BCUT2D eigenvalue weighted by Gasteiger charge is 2.32. The van der Waals surface area contributed by atoms with Crippen molar-refractivity contribution in [1.82, 2.24) is 31.9 Å². The molecule has 20 nitrogen and oxygen atoms in total. The average Bonchev–Trinajstić information content (AvgIpc) is 3.05. The minimum Gasteiger partial charge on any atom is -0.480 e. The summed E-state index contributed by atoms with van der Waals surface area (Å²) in [5.74, 6) is -6.95. The zero-order valence-corrected chi connectivity index (χ0v) is 29.4. The van der Waals surface area contributed by atoms with Gasteiger partial charge in [0.05, 0.1) is 25.6 Å². The normalized spacial score (nSPS) is 14.4. The van der Waals surface area contributed by atoms with Crippen LogP contribution < -0.4 is 54.8 Å². The molecular formula is C29H54N10O10S. The molecule has 0 saturated carbocycles. The van der Waals surface area contributed by atoms with Crippen LogP contribution in [0.2, 0.25) is 0 Å². The van der Waals surface area contributed by atoms with Crippen LogP contribution in [-0.4, -0.2) is 132 Å². The van der Waals surface area contributed by atoms with E-state index in [9.17, 15) is 48.6 Å². The monoisotopic (exact) mass is 734 g/mol. The van der Waals surface area contributed by atoms with Crippen LogP contribution in [0.25, 0.3) is 0 Å². The number of rotatable bonds is 27. The van der Waals surface area contributed by atoms with Crippen molar-refractivity contribution in [1.29, 1.82) is 0 Å². The molecule has 0 unspecified atom stereocenters. The van der Waals surface area contributed by atoms with Crippen LogP contribution in [0.5, 0.6) is 0 Å². The molecule has 0 aliphatic heterocycles. The van der Waals surface area contributed by atoms with Crippen molar-refractivity contribution in [3.8, 4) is 0 Å². The molecule has 21 heteroatoms. The first-order valence-corrected chi connectivity index (χ1v) is 17.6. The molecule has 6 atom stereocenters. The Labute approximate surface area is 295 Å². The van der Waals surface area contributed by atoms with E-state index in [0.29, 0.717) is 38.0 Å². The van der Waals surface area contributed by atoms with Crippen molar-refractivity contribution in [3.05, 3.63) is 0 Å². The molecule has 0 bridgehead atoms. The molecular weight excluding hydrogens is 680 g/mol. The molecule has 0 aromatic rings. The fraction of sp³-hybridized carbons (Fsp3) is 0.724. The second-order valence-electron chi connectivity index (χ2n) is 11.4. The quantitative estimate of drug-likeness (QED) is 0.0351. The van der Waals surface area contributed by atoms with Gasteiger partial charge in [0.1, 0.15) is 30.2 Å². The van der Waals surface area contributed by atoms with Gasteiger partial charge in [-0.25, -0.2) is 4.79 Å². The van der Waals surface area contributed by atoms with Crippen LogP contribution in [0.3, 0.4) is 0 Å². The van der Waals surface area contributed by atoms with Crippen LogP contribution in [0.1, 0.15) is 58.3 Å². The lowest BCUT2D eigenvalue weighted by Gasteiger charge is -2.25. The maximum Gasteiger partial charge on any atom is 0.326 e. The summed E-state index contributed by atoms with van der Waals surface area (Å²) in [4.78, 5) is 100. The number of aliphatic carboxylic acids is 1. The Hall–Kier alpha value is -4.05. The van der Waals surface area contributed by atoms with Crippen LogP contribution in [0.15, 0.2) is 0 Å². The first-order chi connectivity index (χ1) is 23.6. The van der Waals surface area contributed by atoms with Crippen LogP contribution in [-0.2, 0) is 38.4 Å². The number of unbranched alkanes of at least 4 members (excludes halogenated alkanes) is 2. The molecule has 0 fully saturated rings. The van der Waals surface area contributed by atoms with Crippen LogP contribution in [0, 0.1) is 0 Å². The van der Waals surface area contributed by atoms with Crippen molar-refractivity contribution >= 4 is 59.1 Å². The summed E-state index contributed by atoms with van der Waals surface area (Å²) in [7, 11) is 0. The lowest BCUT2D eigenvalue weighted by molar-refractivity contribution is -0.142. The Morgan fingerprint density at radius 3 is 1.64 bits per heavy atom. The molecule has 50 heavy (non-hydrogen) atoms.